The lowest BCUT2D eigenvalue weighted by Crippen LogP contribution is -2.08. The first-order valence-electron chi connectivity index (χ1n) is 7.18. The summed E-state index contributed by atoms with van der Waals surface area (Å²) in [5, 5.41) is 22.0. The number of nitrogens with zero attached hydrogens (tertiary/aromatic N) is 1. The molecule has 5 nitrogen and oxygen atoms in total. The Morgan fingerprint density at radius 3 is 2.52 bits per heavy atom. The molecule has 0 aliphatic carbocycles. The Bertz CT molecular complexity index is 895. The van der Waals surface area contributed by atoms with Crippen LogP contribution in [-0.2, 0) is 23.0 Å². The molecule has 0 amide bonds. The zero-order valence-electron chi connectivity index (χ0n) is 12.9. The van der Waals surface area contributed by atoms with Crippen molar-refractivity contribution in [2.24, 2.45) is 7.05 Å². The highest BCUT2D eigenvalue weighted by atomic mass is 16.5. The molecule has 0 atom stereocenters. The summed E-state index contributed by atoms with van der Waals surface area (Å²) in [5.41, 5.74) is 1.99. The van der Waals surface area contributed by atoms with Crippen molar-refractivity contribution < 1.29 is 19.7 Å². The number of benzene rings is 2. The van der Waals surface area contributed by atoms with Crippen molar-refractivity contribution in [3.05, 3.63) is 48.2 Å². The van der Waals surface area contributed by atoms with E-state index in [0.29, 0.717) is 22.0 Å². The zero-order chi connectivity index (χ0) is 16.6. The van der Waals surface area contributed by atoms with Crippen LogP contribution in [-0.4, -0.2) is 27.9 Å². The summed E-state index contributed by atoms with van der Waals surface area (Å²) < 4.78 is 6.49. The van der Waals surface area contributed by atoms with Crippen molar-refractivity contribution in [3.63, 3.8) is 0 Å². The number of aromatic hydroxyl groups is 2. The van der Waals surface area contributed by atoms with E-state index in [1.807, 2.05) is 6.07 Å². The zero-order valence-corrected chi connectivity index (χ0v) is 12.9. The van der Waals surface area contributed by atoms with Crippen LogP contribution in [0.2, 0.25) is 0 Å². The highest BCUT2D eigenvalue weighted by Gasteiger charge is 2.17. The Balaban J connectivity index is 2.14. The highest BCUT2D eigenvalue weighted by molar-refractivity contribution is 5.98. The fourth-order valence-electron chi connectivity index (χ4n) is 2.76. The minimum absolute atomic E-state index is 0.101. The summed E-state index contributed by atoms with van der Waals surface area (Å²) in [6.45, 7) is 0. The van der Waals surface area contributed by atoms with Crippen LogP contribution in [0.25, 0.3) is 22.0 Å². The molecule has 0 fully saturated rings. The van der Waals surface area contributed by atoms with Gasteiger partial charge in [0.1, 0.15) is 11.5 Å². The number of fused-ring (bicyclic) bond motifs is 1. The quantitative estimate of drug-likeness (QED) is 0.576. The van der Waals surface area contributed by atoms with Gasteiger partial charge >= 0.3 is 5.97 Å². The summed E-state index contributed by atoms with van der Waals surface area (Å²) in [5.74, 6) is -0.128. The molecule has 1 aromatic heterocycles. The maximum atomic E-state index is 11.5. The molecule has 0 saturated heterocycles. The molecule has 0 aliphatic heterocycles. The minimum Gasteiger partial charge on any atom is -0.507 e. The molecule has 0 aliphatic rings. The van der Waals surface area contributed by atoms with E-state index in [0.717, 1.165) is 5.69 Å². The SMILES string of the molecule is COC(=O)Cc1ccc(-c2cc(O)c3ccccc3c2O)n1C. The van der Waals surface area contributed by atoms with Crippen LogP contribution in [0.3, 0.4) is 0 Å². The highest BCUT2D eigenvalue weighted by Crippen LogP contribution is 2.41. The number of hydrogen-bond acceptors (Lipinski definition) is 4. The number of aromatic nitrogens is 1. The number of carbonyl (C=O) groups excluding carboxylic acids is 1. The molecular weight excluding hydrogens is 294 g/mol. The smallest absolute Gasteiger partial charge is 0.311 e. The molecule has 0 saturated carbocycles. The second-order valence-electron chi connectivity index (χ2n) is 5.36. The van der Waals surface area contributed by atoms with Crippen LogP contribution in [0.5, 0.6) is 11.5 Å². The van der Waals surface area contributed by atoms with Crippen molar-refractivity contribution in [2.45, 2.75) is 6.42 Å². The number of ether oxygens (including phenoxy) is 1. The molecule has 0 spiro atoms. The molecule has 0 radical (unpaired) electrons. The molecule has 0 unspecified atom stereocenters. The summed E-state index contributed by atoms with van der Waals surface area (Å²) in [6.07, 6.45) is 0.146. The number of hydrogen-bond donors (Lipinski definition) is 2. The van der Waals surface area contributed by atoms with E-state index in [9.17, 15) is 15.0 Å². The van der Waals surface area contributed by atoms with Crippen LogP contribution in [0.1, 0.15) is 5.69 Å². The minimum atomic E-state index is -0.330. The van der Waals surface area contributed by atoms with Gasteiger partial charge in [0.25, 0.3) is 0 Å². The molecule has 2 aromatic carbocycles. The standard InChI is InChI=1S/C18H17NO4/c1-19-11(9-17(21)23-2)7-8-15(19)14-10-16(20)12-5-3-4-6-13(12)18(14)22/h3-8,10,20,22H,9H2,1-2H3. The molecule has 3 rings (SSSR count). The predicted octanol–water partition coefficient (Wildman–Crippen LogP) is 2.97. The Labute approximate surface area is 133 Å². The number of methoxy groups -OCH3 is 1. The first-order valence-corrected chi connectivity index (χ1v) is 7.18. The maximum absolute atomic E-state index is 11.5. The van der Waals surface area contributed by atoms with E-state index >= 15 is 0 Å². The van der Waals surface area contributed by atoms with Gasteiger partial charge in [0, 0.05) is 29.1 Å². The van der Waals surface area contributed by atoms with Crippen molar-refractivity contribution in [1.29, 1.82) is 0 Å². The number of phenolic OH excluding ortho intramolecular Hbond substituents is 2. The molecule has 23 heavy (non-hydrogen) atoms. The fourth-order valence-corrected chi connectivity index (χ4v) is 2.76. The molecule has 5 heteroatoms. The van der Waals surface area contributed by atoms with Gasteiger partial charge in [-0.15, -0.1) is 0 Å². The summed E-state index contributed by atoms with van der Waals surface area (Å²) >= 11 is 0. The van der Waals surface area contributed by atoms with Crippen molar-refractivity contribution in [3.8, 4) is 22.8 Å². The van der Waals surface area contributed by atoms with Gasteiger partial charge in [-0.1, -0.05) is 24.3 Å². The van der Waals surface area contributed by atoms with E-state index < -0.39 is 0 Å². The topological polar surface area (TPSA) is 71.7 Å². The van der Waals surface area contributed by atoms with E-state index in [-0.39, 0.29) is 23.9 Å². The second kappa shape index (κ2) is 5.68. The fraction of sp³-hybridized carbons (Fsp3) is 0.167. The Kier molecular flexibility index (Phi) is 3.70. The van der Waals surface area contributed by atoms with E-state index in [1.165, 1.54) is 13.2 Å². The van der Waals surface area contributed by atoms with Crippen LogP contribution < -0.4 is 0 Å². The second-order valence-corrected chi connectivity index (χ2v) is 5.36. The summed E-state index contributed by atoms with van der Waals surface area (Å²) in [7, 11) is 3.15. The Morgan fingerprint density at radius 2 is 1.83 bits per heavy atom. The van der Waals surface area contributed by atoms with Gasteiger partial charge in [0.05, 0.1) is 19.2 Å². The number of rotatable bonds is 3. The lowest BCUT2D eigenvalue weighted by atomic mass is 10.0. The maximum Gasteiger partial charge on any atom is 0.311 e. The average molecular weight is 311 g/mol. The largest absolute Gasteiger partial charge is 0.507 e. The van der Waals surface area contributed by atoms with Gasteiger partial charge in [-0.3, -0.25) is 4.79 Å². The average Bonchev–Trinajstić information content (AvgIpc) is 2.91. The number of carbonyl (C=O) groups is 1. The molecule has 1 heterocycles. The van der Waals surface area contributed by atoms with Gasteiger partial charge in [-0.2, -0.15) is 0 Å². The van der Waals surface area contributed by atoms with Crippen molar-refractivity contribution >= 4 is 16.7 Å². The lowest BCUT2D eigenvalue weighted by Gasteiger charge is -2.12. The van der Waals surface area contributed by atoms with Crippen LogP contribution in [0.4, 0.5) is 0 Å². The van der Waals surface area contributed by atoms with Gasteiger partial charge < -0.3 is 19.5 Å². The third kappa shape index (κ3) is 2.50. The summed E-state index contributed by atoms with van der Waals surface area (Å²) in [6, 6.07) is 12.3. The van der Waals surface area contributed by atoms with Gasteiger partial charge in [0.15, 0.2) is 0 Å². The molecule has 0 bridgehead atoms. The molecule has 118 valence electrons. The predicted molar refractivity (Wildman–Crippen MR) is 87.4 cm³/mol. The van der Waals surface area contributed by atoms with Crippen molar-refractivity contribution in [1.82, 2.24) is 4.57 Å². The third-order valence-corrected chi connectivity index (χ3v) is 4.05. The Morgan fingerprint density at radius 1 is 1.13 bits per heavy atom. The molecular formula is C18H17NO4. The van der Waals surface area contributed by atoms with E-state index in [1.54, 1.807) is 41.9 Å². The first-order chi connectivity index (χ1) is 11.0. The molecule has 2 N–H and O–H groups in total. The van der Waals surface area contributed by atoms with E-state index in [4.69, 9.17) is 0 Å². The number of esters is 1. The van der Waals surface area contributed by atoms with Gasteiger partial charge in [0.2, 0.25) is 0 Å². The molecule has 3 aromatic rings. The lowest BCUT2D eigenvalue weighted by molar-refractivity contribution is -0.139. The van der Waals surface area contributed by atoms with Crippen LogP contribution in [0.15, 0.2) is 42.5 Å². The van der Waals surface area contributed by atoms with Crippen molar-refractivity contribution in [2.75, 3.05) is 7.11 Å². The van der Waals surface area contributed by atoms with Crippen LogP contribution >= 0.6 is 0 Å². The van der Waals surface area contributed by atoms with Gasteiger partial charge in [-0.05, 0) is 18.2 Å². The van der Waals surface area contributed by atoms with Gasteiger partial charge in [-0.25, -0.2) is 0 Å². The third-order valence-electron chi connectivity index (χ3n) is 4.05. The Hall–Kier alpha value is -2.95. The summed E-state index contributed by atoms with van der Waals surface area (Å²) in [4.78, 5) is 11.5. The normalized spacial score (nSPS) is 10.9. The number of phenols is 2. The first kappa shape index (κ1) is 15.0. The van der Waals surface area contributed by atoms with Crippen LogP contribution in [0, 0.1) is 0 Å². The van der Waals surface area contributed by atoms with E-state index in [2.05, 4.69) is 4.74 Å². The monoisotopic (exact) mass is 311 g/mol.